The van der Waals surface area contributed by atoms with Crippen LogP contribution in [-0.4, -0.2) is 52.6 Å². The third-order valence-corrected chi connectivity index (χ3v) is 4.94. The van der Waals surface area contributed by atoms with E-state index < -0.39 is 5.97 Å². The predicted octanol–water partition coefficient (Wildman–Crippen LogP) is 2.44. The number of hydrogen-bond donors (Lipinski definition) is 1. The summed E-state index contributed by atoms with van der Waals surface area (Å²) in [6.45, 7) is 6.41. The maximum atomic E-state index is 11.3. The molecule has 4 nitrogen and oxygen atoms in total. The highest BCUT2D eigenvalue weighted by molar-refractivity contribution is 5.89. The normalized spacial score (nSPS) is 27.3. The Kier molecular flexibility index (Phi) is 4.27. The number of carboxylic acids is 1. The van der Waals surface area contributed by atoms with Gasteiger partial charge in [0.1, 0.15) is 0 Å². The molecule has 2 saturated heterocycles. The summed E-state index contributed by atoms with van der Waals surface area (Å²) < 4.78 is 0. The van der Waals surface area contributed by atoms with Gasteiger partial charge in [-0.05, 0) is 37.9 Å². The van der Waals surface area contributed by atoms with Crippen molar-refractivity contribution in [2.24, 2.45) is 0 Å². The van der Waals surface area contributed by atoms with Gasteiger partial charge in [0.15, 0.2) is 0 Å². The Bertz CT molecular complexity index is 517. The van der Waals surface area contributed by atoms with E-state index in [-0.39, 0.29) is 0 Å². The highest BCUT2D eigenvalue weighted by Gasteiger charge is 2.33. The van der Waals surface area contributed by atoms with Crippen LogP contribution in [0.15, 0.2) is 24.3 Å². The molecule has 0 spiro atoms. The van der Waals surface area contributed by atoms with Crippen LogP contribution >= 0.6 is 0 Å². The van der Waals surface area contributed by atoms with Crippen LogP contribution in [0.4, 0.5) is 0 Å². The number of rotatable bonds is 3. The second-order valence-electron chi connectivity index (χ2n) is 6.39. The van der Waals surface area contributed by atoms with Gasteiger partial charge in [0, 0.05) is 31.7 Å². The average molecular weight is 288 g/mol. The number of aromatic carboxylic acids is 1. The summed E-state index contributed by atoms with van der Waals surface area (Å²) in [5.74, 6) is -0.824. The molecular weight excluding hydrogens is 264 g/mol. The van der Waals surface area contributed by atoms with Crippen LogP contribution in [0, 0.1) is 0 Å². The van der Waals surface area contributed by atoms with Gasteiger partial charge in [-0.25, -0.2) is 4.79 Å². The molecule has 2 unspecified atom stereocenters. The Balaban J connectivity index is 1.74. The number of piperidine rings is 1. The van der Waals surface area contributed by atoms with Crippen molar-refractivity contribution in [1.29, 1.82) is 0 Å². The fraction of sp³-hybridized carbons (Fsp3) is 0.588. The fourth-order valence-corrected chi connectivity index (χ4v) is 3.72. The van der Waals surface area contributed by atoms with Gasteiger partial charge >= 0.3 is 5.97 Å². The average Bonchev–Trinajstić information content (AvgIpc) is 2.48. The molecule has 2 aliphatic heterocycles. The fourth-order valence-electron chi connectivity index (χ4n) is 3.72. The topological polar surface area (TPSA) is 43.8 Å². The van der Waals surface area contributed by atoms with Crippen molar-refractivity contribution in [1.82, 2.24) is 9.80 Å². The van der Waals surface area contributed by atoms with Crippen LogP contribution in [0.25, 0.3) is 0 Å². The SMILES string of the molecule is CC1CN2CCCCC2CN1Cc1ccccc1C(=O)O. The Morgan fingerprint density at radius 3 is 2.90 bits per heavy atom. The maximum Gasteiger partial charge on any atom is 0.336 e. The molecule has 0 aromatic heterocycles. The first-order valence-electron chi connectivity index (χ1n) is 7.94. The molecule has 2 aliphatic rings. The zero-order chi connectivity index (χ0) is 14.8. The molecule has 1 aromatic rings. The summed E-state index contributed by atoms with van der Waals surface area (Å²) in [6.07, 6.45) is 3.93. The molecular formula is C17H24N2O2. The van der Waals surface area contributed by atoms with Gasteiger partial charge in [-0.15, -0.1) is 0 Å². The van der Waals surface area contributed by atoms with Gasteiger partial charge in [0.25, 0.3) is 0 Å². The van der Waals surface area contributed by atoms with E-state index in [4.69, 9.17) is 0 Å². The zero-order valence-corrected chi connectivity index (χ0v) is 12.7. The molecule has 0 bridgehead atoms. The van der Waals surface area contributed by atoms with Gasteiger partial charge in [0.05, 0.1) is 5.56 Å². The number of benzene rings is 1. The highest BCUT2D eigenvalue weighted by Crippen LogP contribution is 2.25. The molecule has 3 rings (SSSR count). The quantitative estimate of drug-likeness (QED) is 0.928. The molecule has 0 saturated carbocycles. The molecule has 1 aromatic carbocycles. The minimum absolute atomic E-state index is 0.441. The predicted molar refractivity (Wildman–Crippen MR) is 82.5 cm³/mol. The molecule has 4 heteroatoms. The Morgan fingerprint density at radius 2 is 2.10 bits per heavy atom. The van der Waals surface area contributed by atoms with E-state index in [1.165, 1.54) is 25.8 Å². The van der Waals surface area contributed by atoms with Gasteiger partial charge in [-0.1, -0.05) is 24.6 Å². The number of carbonyl (C=O) groups is 1. The first-order valence-corrected chi connectivity index (χ1v) is 7.94. The van der Waals surface area contributed by atoms with Crippen molar-refractivity contribution >= 4 is 5.97 Å². The molecule has 0 radical (unpaired) electrons. The maximum absolute atomic E-state index is 11.3. The van der Waals surface area contributed by atoms with E-state index in [0.717, 1.165) is 25.2 Å². The third kappa shape index (κ3) is 3.11. The molecule has 2 fully saturated rings. The van der Waals surface area contributed by atoms with E-state index in [1.807, 2.05) is 12.1 Å². The second kappa shape index (κ2) is 6.16. The number of nitrogens with zero attached hydrogens (tertiary/aromatic N) is 2. The first kappa shape index (κ1) is 14.5. The van der Waals surface area contributed by atoms with Crippen molar-refractivity contribution < 1.29 is 9.90 Å². The summed E-state index contributed by atoms with van der Waals surface area (Å²) in [5.41, 5.74) is 1.37. The van der Waals surface area contributed by atoms with Gasteiger partial charge < -0.3 is 5.11 Å². The highest BCUT2D eigenvalue weighted by atomic mass is 16.4. The lowest BCUT2D eigenvalue weighted by Gasteiger charge is -2.47. The minimum atomic E-state index is -0.824. The Morgan fingerprint density at radius 1 is 1.29 bits per heavy atom. The van der Waals surface area contributed by atoms with Crippen LogP contribution in [0.1, 0.15) is 42.1 Å². The third-order valence-electron chi connectivity index (χ3n) is 4.94. The summed E-state index contributed by atoms with van der Waals surface area (Å²) in [4.78, 5) is 16.4. The van der Waals surface area contributed by atoms with E-state index in [1.54, 1.807) is 12.1 Å². The standard InChI is InChI=1S/C17H24N2O2/c1-13-10-18-9-5-4-7-15(18)12-19(13)11-14-6-2-3-8-16(14)17(20)21/h2-3,6,8,13,15H,4-5,7,9-12H2,1H3,(H,20,21). The smallest absolute Gasteiger partial charge is 0.336 e. The number of carboxylic acid groups (broad SMARTS) is 1. The molecule has 21 heavy (non-hydrogen) atoms. The summed E-state index contributed by atoms with van der Waals surface area (Å²) >= 11 is 0. The monoisotopic (exact) mass is 288 g/mol. The summed E-state index contributed by atoms with van der Waals surface area (Å²) in [6, 6.07) is 8.54. The van der Waals surface area contributed by atoms with Gasteiger partial charge in [0.2, 0.25) is 0 Å². The summed E-state index contributed by atoms with van der Waals surface area (Å²) in [5, 5.41) is 9.32. The van der Waals surface area contributed by atoms with Crippen molar-refractivity contribution in [2.45, 2.75) is 44.8 Å². The van der Waals surface area contributed by atoms with Crippen molar-refractivity contribution in [3.05, 3.63) is 35.4 Å². The summed E-state index contributed by atoms with van der Waals surface area (Å²) in [7, 11) is 0. The van der Waals surface area contributed by atoms with Crippen LogP contribution in [0.2, 0.25) is 0 Å². The first-order chi connectivity index (χ1) is 10.1. The van der Waals surface area contributed by atoms with Crippen molar-refractivity contribution in [2.75, 3.05) is 19.6 Å². The van der Waals surface area contributed by atoms with Crippen molar-refractivity contribution in [3.63, 3.8) is 0 Å². The largest absolute Gasteiger partial charge is 0.478 e. The lowest BCUT2D eigenvalue weighted by molar-refractivity contribution is 0.0109. The minimum Gasteiger partial charge on any atom is -0.478 e. The van der Waals surface area contributed by atoms with Crippen LogP contribution in [0.3, 0.4) is 0 Å². The Hall–Kier alpha value is -1.39. The van der Waals surface area contributed by atoms with Crippen LogP contribution in [-0.2, 0) is 6.54 Å². The molecule has 114 valence electrons. The zero-order valence-electron chi connectivity index (χ0n) is 12.7. The van der Waals surface area contributed by atoms with Crippen molar-refractivity contribution in [3.8, 4) is 0 Å². The number of hydrogen-bond acceptors (Lipinski definition) is 3. The Labute approximate surface area is 126 Å². The van der Waals surface area contributed by atoms with Gasteiger partial charge in [-0.3, -0.25) is 9.80 Å². The van der Waals surface area contributed by atoms with E-state index >= 15 is 0 Å². The number of fused-ring (bicyclic) bond motifs is 1. The molecule has 1 N–H and O–H groups in total. The van der Waals surface area contributed by atoms with Crippen LogP contribution in [0.5, 0.6) is 0 Å². The molecule has 2 atom stereocenters. The van der Waals surface area contributed by atoms with Gasteiger partial charge in [-0.2, -0.15) is 0 Å². The lowest BCUT2D eigenvalue weighted by Crippen LogP contribution is -2.58. The molecule has 0 aliphatic carbocycles. The lowest BCUT2D eigenvalue weighted by atomic mass is 9.96. The van der Waals surface area contributed by atoms with E-state index in [2.05, 4.69) is 16.7 Å². The number of piperazine rings is 1. The van der Waals surface area contributed by atoms with Crippen LogP contribution < -0.4 is 0 Å². The van der Waals surface area contributed by atoms with E-state index in [9.17, 15) is 9.90 Å². The van der Waals surface area contributed by atoms with E-state index in [0.29, 0.717) is 17.6 Å². The second-order valence-corrected chi connectivity index (χ2v) is 6.39. The molecule has 0 amide bonds. The molecule has 2 heterocycles.